The van der Waals surface area contributed by atoms with Crippen LogP contribution in [0.4, 0.5) is 5.69 Å². The van der Waals surface area contributed by atoms with Gasteiger partial charge in [-0.05, 0) is 31.4 Å². The van der Waals surface area contributed by atoms with E-state index in [2.05, 4.69) is 21.7 Å². The van der Waals surface area contributed by atoms with Crippen molar-refractivity contribution in [1.29, 1.82) is 0 Å². The number of carbonyl (C=O) groups excluding carboxylic acids is 1. The summed E-state index contributed by atoms with van der Waals surface area (Å²) in [5.74, 6) is -0.189. The van der Waals surface area contributed by atoms with E-state index in [-0.39, 0.29) is 36.3 Å². The molecule has 0 unspecified atom stereocenters. The van der Waals surface area contributed by atoms with Gasteiger partial charge in [-0.15, -0.1) is 24.8 Å². The number of halogens is 2. The smallest absolute Gasteiger partial charge is 0.307 e. The first-order chi connectivity index (χ1) is 11.7. The first-order valence-corrected chi connectivity index (χ1v) is 8.47. The summed E-state index contributed by atoms with van der Waals surface area (Å²) >= 11 is 0. The number of rotatable bonds is 6. The Bertz CT molecular complexity index is 808. The first-order valence-electron chi connectivity index (χ1n) is 8.47. The number of carbonyl (C=O) groups is 1. The summed E-state index contributed by atoms with van der Waals surface area (Å²) in [5, 5.41) is 7.63. The quantitative estimate of drug-likeness (QED) is 0.511. The molecule has 3 N–H and O–H groups in total. The second-order valence-corrected chi connectivity index (χ2v) is 5.95. The normalized spacial score (nSPS) is 12.3. The molecule has 1 aromatic carbocycles. The van der Waals surface area contributed by atoms with E-state index < -0.39 is 0 Å². The van der Waals surface area contributed by atoms with Crippen molar-refractivity contribution in [1.82, 2.24) is 10.3 Å². The molecule has 26 heavy (non-hydrogen) atoms. The highest BCUT2D eigenvalue weighted by Gasteiger charge is 2.15. The maximum absolute atomic E-state index is 12.2. The van der Waals surface area contributed by atoms with Crippen LogP contribution in [0.15, 0.2) is 23.0 Å². The number of aromatic nitrogens is 1. The lowest BCUT2D eigenvalue weighted by Gasteiger charge is -2.19. The first kappa shape index (κ1) is 22.3. The average molecular weight is 402 g/mol. The van der Waals surface area contributed by atoms with Crippen LogP contribution in [0.1, 0.15) is 30.9 Å². The molecule has 1 aliphatic heterocycles. The molecule has 0 radical (unpaired) electrons. The number of ether oxygens (including phenoxy) is 1. The molecule has 0 amide bonds. The van der Waals surface area contributed by atoms with Crippen LogP contribution in [0.5, 0.6) is 0 Å². The lowest BCUT2D eigenvalue weighted by molar-refractivity contribution is -0.142. The minimum Gasteiger partial charge on any atom is -0.466 e. The average Bonchev–Trinajstić information content (AvgIpc) is 2.59. The highest BCUT2D eigenvalue weighted by atomic mass is 35.5. The van der Waals surface area contributed by atoms with Crippen LogP contribution >= 0.6 is 24.8 Å². The van der Waals surface area contributed by atoms with E-state index in [1.165, 1.54) is 0 Å². The number of hydrogen-bond acceptors (Lipinski definition) is 5. The molecule has 1 aliphatic rings. The van der Waals surface area contributed by atoms with Crippen molar-refractivity contribution < 1.29 is 9.53 Å². The molecule has 0 saturated heterocycles. The molecule has 0 bridgehead atoms. The Morgan fingerprint density at radius 1 is 1.31 bits per heavy atom. The van der Waals surface area contributed by atoms with Crippen LogP contribution in [0.3, 0.4) is 0 Å². The summed E-state index contributed by atoms with van der Waals surface area (Å²) in [6.45, 7) is 4.33. The third-order valence-electron chi connectivity index (χ3n) is 4.22. The van der Waals surface area contributed by atoms with Crippen LogP contribution in [0, 0.1) is 0 Å². The van der Waals surface area contributed by atoms with Gasteiger partial charge in [-0.25, -0.2) is 0 Å². The predicted molar refractivity (Wildman–Crippen MR) is 109 cm³/mol. The van der Waals surface area contributed by atoms with Gasteiger partial charge in [0, 0.05) is 30.6 Å². The van der Waals surface area contributed by atoms with Gasteiger partial charge < -0.3 is 20.4 Å². The number of benzene rings is 1. The van der Waals surface area contributed by atoms with Crippen molar-refractivity contribution in [3.05, 3.63) is 39.7 Å². The van der Waals surface area contributed by atoms with Crippen LogP contribution in [-0.2, 0) is 22.5 Å². The van der Waals surface area contributed by atoms with Crippen LogP contribution in [-0.4, -0.2) is 30.6 Å². The molecule has 0 aliphatic carbocycles. The minimum atomic E-state index is -0.189. The van der Waals surface area contributed by atoms with Crippen molar-refractivity contribution in [2.24, 2.45) is 0 Å². The lowest BCUT2D eigenvalue weighted by Crippen LogP contribution is -2.22. The fraction of sp³-hybridized carbons (Fsp3) is 0.444. The molecule has 3 rings (SSSR count). The standard InChI is InChI=1S/C18H23N3O3.2ClH/c1-2-24-16(22)7-9-19-11-12-5-6-13-15(10-12)21-18(23)14-4-3-8-20-17(13)14;;/h5-6,10,19-20H,2-4,7-9,11H2,1H3,(H,21,23);2*1H. The molecule has 2 heterocycles. The van der Waals surface area contributed by atoms with E-state index in [0.29, 0.717) is 26.1 Å². The van der Waals surface area contributed by atoms with Crippen LogP contribution in [0.25, 0.3) is 10.9 Å². The van der Waals surface area contributed by atoms with E-state index in [4.69, 9.17) is 4.74 Å². The molecule has 0 saturated carbocycles. The van der Waals surface area contributed by atoms with Gasteiger partial charge in [0.25, 0.3) is 5.56 Å². The predicted octanol–water partition coefficient (Wildman–Crippen LogP) is 2.77. The number of H-pyrrole nitrogens is 1. The van der Waals surface area contributed by atoms with Gasteiger partial charge in [-0.3, -0.25) is 9.59 Å². The monoisotopic (exact) mass is 401 g/mol. The number of hydrogen-bond donors (Lipinski definition) is 3. The number of esters is 1. The minimum absolute atomic E-state index is 0. The maximum Gasteiger partial charge on any atom is 0.307 e. The van der Waals surface area contributed by atoms with E-state index in [1.54, 1.807) is 6.92 Å². The molecule has 1 aromatic heterocycles. The van der Waals surface area contributed by atoms with Gasteiger partial charge in [0.15, 0.2) is 0 Å². The van der Waals surface area contributed by atoms with Crippen molar-refractivity contribution in [2.45, 2.75) is 32.7 Å². The number of aromatic amines is 1. The van der Waals surface area contributed by atoms with E-state index >= 15 is 0 Å². The summed E-state index contributed by atoms with van der Waals surface area (Å²) < 4.78 is 4.89. The zero-order valence-corrected chi connectivity index (χ0v) is 16.4. The summed E-state index contributed by atoms with van der Waals surface area (Å²) in [4.78, 5) is 26.5. The van der Waals surface area contributed by atoms with Crippen LogP contribution < -0.4 is 16.2 Å². The fourth-order valence-electron chi connectivity index (χ4n) is 3.07. The van der Waals surface area contributed by atoms with Gasteiger partial charge in [0.2, 0.25) is 0 Å². The second kappa shape index (κ2) is 10.4. The van der Waals surface area contributed by atoms with Crippen molar-refractivity contribution in [3.8, 4) is 0 Å². The zero-order valence-electron chi connectivity index (χ0n) is 14.7. The molecule has 0 fully saturated rings. The maximum atomic E-state index is 12.2. The van der Waals surface area contributed by atoms with Gasteiger partial charge in [0.05, 0.1) is 24.2 Å². The Morgan fingerprint density at radius 2 is 2.12 bits per heavy atom. The van der Waals surface area contributed by atoms with Crippen molar-refractivity contribution >= 4 is 47.4 Å². The fourth-order valence-corrected chi connectivity index (χ4v) is 3.07. The molecule has 6 nitrogen and oxygen atoms in total. The number of pyridine rings is 1. The molecular formula is C18H25Cl2N3O3. The van der Waals surface area contributed by atoms with Gasteiger partial charge >= 0.3 is 5.97 Å². The summed E-state index contributed by atoms with van der Waals surface area (Å²) in [5.41, 5.74) is 3.74. The molecule has 0 atom stereocenters. The molecule has 0 spiro atoms. The zero-order chi connectivity index (χ0) is 16.9. The van der Waals surface area contributed by atoms with Crippen LogP contribution in [0.2, 0.25) is 0 Å². The number of nitrogens with one attached hydrogen (secondary N) is 3. The van der Waals surface area contributed by atoms with Gasteiger partial charge in [-0.1, -0.05) is 12.1 Å². The van der Waals surface area contributed by atoms with Gasteiger partial charge in [-0.2, -0.15) is 0 Å². The Kier molecular flexibility index (Phi) is 8.92. The Labute approximate surface area is 164 Å². The number of anilines is 1. The SMILES string of the molecule is CCOC(=O)CCNCc1ccc2c3c(c(=O)[nH]c2c1)CCCN3.Cl.Cl. The topological polar surface area (TPSA) is 83.2 Å². The Balaban J connectivity index is 0.00000169. The molecule has 144 valence electrons. The highest BCUT2D eigenvalue weighted by Crippen LogP contribution is 2.27. The number of fused-ring (bicyclic) bond motifs is 3. The summed E-state index contributed by atoms with van der Waals surface area (Å²) in [7, 11) is 0. The highest BCUT2D eigenvalue weighted by molar-refractivity contribution is 5.93. The van der Waals surface area contributed by atoms with E-state index in [9.17, 15) is 9.59 Å². The van der Waals surface area contributed by atoms with Gasteiger partial charge in [0.1, 0.15) is 0 Å². The van der Waals surface area contributed by atoms with Crippen molar-refractivity contribution in [2.75, 3.05) is 25.0 Å². The third kappa shape index (κ3) is 5.13. The Hall–Kier alpha value is -1.76. The molecule has 2 aromatic rings. The van der Waals surface area contributed by atoms with E-state index in [0.717, 1.165) is 47.1 Å². The summed E-state index contributed by atoms with van der Waals surface area (Å²) in [6.07, 6.45) is 2.17. The largest absolute Gasteiger partial charge is 0.466 e. The summed E-state index contributed by atoms with van der Waals surface area (Å²) in [6, 6.07) is 6.09. The molecule has 8 heteroatoms. The lowest BCUT2D eigenvalue weighted by atomic mass is 10.0. The third-order valence-corrected chi connectivity index (χ3v) is 4.22. The van der Waals surface area contributed by atoms with E-state index in [1.807, 2.05) is 12.1 Å². The molecular weight excluding hydrogens is 377 g/mol. The Morgan fingerprint density at radius 3 is 2.88 bits per heavy atom. The van der Waals surface area contributed by atoms with Crippen molar-refractivity contribution in [3.63, 3.8) is 0 Å². The second-order valence-electron chi connectivity index (χ2n) is 5.95.